The minimum Gasteiger partial charge on any atom is -0.342 e. The molecule has 1 N–H and O–H groups in total. The van der Waals surface area contributed by atoms with E-state index in [4.69, 9.17) is 23.2 Å². The van der Waals surface area contributed by atoms with Crippen LogP contribution in [0, 0.1) is 0 Å². The van der Waals surface area contributed by atoms with Gasteiger partial charge in [-0.25, -0.2) is 13.1 Å². The lowest BCUT2D eigenvalue weighted by Crippen LogP contribution is -2.46. The number of hydrogen-bond acceptors (Lipinski definition) is 4. The third-order valence-corrected chi connectivity index (χ3v) is 6.73. The Morgan fingerprint density at radius 1 is 1.33 bits per heavy atom. The number of likely N-dealkylation sites (tertiary alicyclic amines) is 1. The van der Waals surface area contributed by atoms with Crippen LogP contribution in [0.1, 0.15) is 12.8 Å². The van der Waals surface area contributed by atoms with Gasteiger partial charge >= 0.3 is 0 Å². The number of thioether (sulfide) groups is 1. The fraction of sp³-hybridized carbons (Fsp3) is 0.400. The maximum absolute atomic E-state index is 12.3. The van der Waals surface area contributed by atoms with E-state index in [1.807, 2.05) is 0 Å². The van der Waals surface area contributed by atoms with Gasteiger partial charge < -0.3 is 4.90 Å². The maximum Gasteiger partial charge on any atom is 0.233 e. The zero-order valence-electron chi connectivity index (χ0n) is 12.9. The third-order valence-electron chi connectivity index (χ3n) is 3.66. The number of hydrogen-bond donors (Lipinski definition) is 1. The summed E-state index contributed by atoms with van der Waals surface area (Å²) in [5, 5.41) is 1.95. The molecule has 0 radical (unpaired) electrons. The van der Waals surface area contributed by atoms with Gasteiger partial charge in [-0.3, -0.25) is 4.79 Å². The average molecular weight is 409 g/mol. The van der Waals surface area contributed by atoms with Gasteiger partial charge in [-0.1, -0.05) is 35.8 Å². The summed E-state index contributed by atoms with van der Waals surface area (Å²) >= 11 is 13.5. The predicted octanol–water partition coefficient (Wildman–Crippen LogP) is 3.14. The van der Waals surface area contributed by atoms with Crippen molar-refractivity contribution in [3.63, 3.8) is 0 Å². The van der Waals surface area contributed by atoms with E-state index >= 15 is 0 Å². The van der Waals surface area contributed by atoms with E-state index in [0.29, 0.717) is 40.9 Å². The number of nitrogens with zero attached hydrogens (tertiary/aromatic N) is 1. The molecule has 0 aliphatic carbocycles. The summed E-state index contributed by atoms with van der Waals surface area (Å²) < 4.78 is 25.5. The number of nitrogens with one attached hydrogen (secondary N) is 1. The summed E-state index contributed by atoms with van der Waals surface area (Å²) in [7, 11) is -3.44. The third kappa shape index (κ3) is 5.39. The van der Waals surface area contributed by atoms with Gasteiger partial charge in [0, 0.05) is 29.4 Å². The van der Waals surface area contributed by atoms with Crippen LogP contribution in [0.5, 0.6) is 0 Å². The Labute approximate surface area is 156 Å². The van der Waals surface area contributed by atoms with Gasteiger partial charge in [0.15, 0.2) is 0 Å². The molecule has 1 aliphatic rings. The molecule has 2 rings (SSSR count). The second-order valence-corrected chi connectivity index (χ2v) is 8.78. The first-order valence-corrected chi connectivity index (χ1v) is 10.6. The fourth-order valence-electron chi connectivity index (χ4n) is 2.37. The standard InChI is InChI=1S/C15H18Cl2N2O3S2/c1-2-24(21,22)18-11-6-8-19(9-7-11)14(20)10-23-15-12(16)4-3-5-13(15)17/h2-5,11,18H,1,6-10H2. The molecule has 24 heavy (non-hydrogen) atoms. The van der Waals surface area contributed by atoms with Gasteiger partial charge in [0.1, 0.15) is 0 Å². The molecule has 1 heterocycles. The quantitative estimate of drug-likeness (QED) is 0.734. The van der Waals surface area contributed by atoms with Crippen LogP contribution in [0.15, 0.2) is 35.1 Å². The fourth-order valence-corrected chi connectivity index (χ4v) is 4.76. The first kappa shape index (κ1) is 19.6. The molecule has 1 aromatic rings. The summed E-state index contributed by atoms with van der Waals surface area (Å²) in [5.41, 5.74) is 0. The highest BCUT2D eigenvalue weighted by atomic mass is 35.5. The molecule has 132 valence electrons. The normalized spacial score (nSPS) is 16.2. The van der Waals surface area contributed by atoms with Crippen molar-refractivity contribution in [3.05, 3.63) is 40.2 Å². The first-order chi connectivity index (χ1) is 11.3. The van der Waals surface area contributed by atoms with Crippen molar-refractivity contribution in [1.82, 2.24) is 9.62 Å². The first-order valence-electron chi connectivity index (χ1n) is 7.32. The highest BCUT2D eigenvalue weighted by Gasteiger charge is 2.25. The molecule has 0 atom stereocenters. The van der Waals surface area contributed by atoms with Crippen LogP contribution in [0.2, 0.25) is 10.0 Å². The predicted molar refractivity (Wildman–Crippen MR) is 99.0 cm³/mol. The molecule has 1 fully saturated rings. The monoisotopic (exact) mass is 408 g/mol. The van der Waals surface area contributed by atoms with Gasteiger partial charge in [-0.05, 0) is 25.0 Å². The number of carbonyl (C=O) groups excluding carboxylic acids is 1. The van der Waals surface area contributed by atoms with E-state index in [0.717, 1.165) is 5.41 Å². The molecule has 1 amide bonds. The lowest BCUT2D eigenvalue weighted by molar-refractivity contribution is -0.129. The van der Waals surface area contributed by atoms with Crippen LogP contribution in [-0.2, 0) is 14.8 Å². The smallest absolute Gasteiger partial charge is 0.233 e. The minimum atomic E-state index is -3.44. The molecule has 0 aromatic heterocycles. The molecule has 5 nitrogen and oxygen atoms in total. The molecule has 1 saturated heterocycles. The maximum atomic E-state index is 12.3. The van der Waals surface area contributed by atoms with E-state index in [2.05, 4.69) is 11.3 Å². The van der Waals surface area contributed by atoms with E-state index in [-0.39, 0.29) is 17.7 Å². The van der Waals surface area contributed by atoms with Crippen LogP contribution in [0.3, 0.4) is 0 Å². The van der Waals surface area contributed by atoms with Gasteiger partial charge in [0.25, 0.3) is 0 Å². The summed E-state index contributed by atoms with van der Waals surface area (Å²) in [6.45, 7) is 4.30. The van der Waals surface area contributed by atoms with Crippen molar-refractivity contribution in [1.29, 1.82) is 0 Å². The summed E-state index contributed by atoms with van der Waals surface area (Å²) in [5.74, 6) is 0.230. The number of sulfonamides is 1. The van der Waals surface area contributed by atoms with Crippen LogP contribution in [0.25, 0.3) is 0 Å². The van der Waals surface area contributed by atoms with Crippen molar-refractivity contribution in [3.8, 4) is 0 Å². The van der Waals surface area contributed by atoms with Crippen LogP contribution in [-0.4, -0.2) is 44.1 Å². The zero-order valence-corrected chi connectivity index (χ0v) is 16.0. The zero-order chi connectivity index (χ0) is 17.7. The number of carbonyl (C=O) groups is 1. The highest BCUT2D eigenvalue weighted by Crippen LogP contribution is 2.34. The van der Waals surface area contributed by atoms with Crippen LogP contribution >= 0.6 is 35.0 Å². The minimum absolute atomic E-state index is 0.0129. The summed E-state index contributed by atoms with van der Waals surface area (Å²) in [6.07, 6.45) is 1.16. The molecule has 9 heteroatoms. The average Bonchev–Trinajstić information content (AvgIpc) is 2.54. The van der Waals surface area contributed by atoms with Gasteiger partial charge in [-0.15, -0.1) is 11.8 Å². The Morgan fingerprint density at radius 2 is 1.92 bits per heavy atom. The molecule has 1 aromatic carbocycles. The van der Waals surface area contributed by atoms with E-state index in [1.165, 1.54) is 11.8 Å². The summed E-state index contributed by atoms with van der Waals surface area (Å²) in [6, 6.07) is 5.06. The molecular formula is C15H18Cl2N2O3S2. The topological polar surface area (TPSA) is 66.5 Å². The highest BCUT2D eigenvalue weighted by molar-refractivity contribution is 8.00. The van der Waals surface area contributed by atoms with Gasteiger partial charge in [0.2, 0.25) is 15.9 Å². The van der Waals surface area contributed by atoms with E-state index < -0.39 is 10.0 Å². The lowest BCUT2D eigenvalue weighted by Gasteiger charge is -2.32. The summed E-state index contributed by atoms with van der Waals surface area (Å²) in [4.78, 5) is 14.7. The van der Waals surface area contributed by atoms with Crippen molar-refractivity contribution in [2.75, 3.05) is 18.8 Å². The molecule has 0 unspecified atom stereocenters. The van der Waals surface area contributed by atoms with E-state index in [9.17, 15) is 13.2 Å². The molecule has 0 bridgehead atoms. The number of piperidine rings is 1. The Balaban J connectivity index is 1.84. The molecule has 0 spiro atoms. The largest absolute Gasteiger partial charge is 0.342 e. The van der Waals surface area contributed by atoms with Crippen LogP contribution in [0.4, 0.5) is 0 Å². The number of benzene rings is 1. The number of halogens is 2. The number of rotatable bonds is 6. The Kier molecular flexibility index (Phi) is 7.00. The van der Waals surface area contributed by atoms with Gasteiger partial charge in [-0.2, -0.15) is 0 Å². The van der Waals surface area contributed by atoms with Crippen molar-refractivity contribution < 1.29 is 13.2 Å². The van der Waals surface area contributed by atoms with Crippen molar-refractivity contribution in [2.24, 2.45) is 0 Å². The van der Waals surface area contributed by atoms with E-state index in [1.54, 1.807) is 23.1 Å². The van der Waals surface area contributed by atoms with Gasteiger partial charge in [0.05, 0.1) is 15.8 Å². The Hall–Kier alpha value is -0.730. The Morgan fingerprint density at radius 3 is 2.46 bits per heavy atom. The molecule has 0 saturated carbocycles. The van der Waals surface area contributed by atoms with Crippen molar-refractivity contribution in [2.45, 2.75) is 23.8 Å². The van der Waals surface area contributed by atoms with Crippen LogP contribution < -0.4 is 4.72 Å². The second kappa shape index (κ2) is 8.58. The molecular weight excluding hydrogens is 391 g/mol. The number of amides is 1. The Bertz CT molecular complexity index is 697. The van der Waals surface area contributed by atoms with Crippen molar-refractivity contribution >= 4 is 50.9 Å². The lowest BCUT2D eigenvalue weighted by atomic mass is 10.1. The second-order valence-electron chi connectivity index (χ2n) is 5.32. The SMILES string of the molecule is C=CS(=O)(=O)NC1CCN(C(=O)CSc2c(Cl)cccc2Cl)CC1. The molecule has 1 aliphatic heterocycles.